The number of hydrogen-bond acceptors (Lipinski definition) is 4. The largest absolute Gasteiger partial charge is 0.349 e. The van der Waals surface area contributed by atoms with Crippen LogP contribution < -0.4 is 10.6 Å². The molecule has 0 unspecified atom stereocenters. The van der Waals surface area contributed by atoms with Crippen LogP contribution in [-0.4, -0.2) is 60.4 Å². The molecule has 0 radical (unpaired) electrons. The Bertz CT molecular complexity index is 902. The Morgan fingerprint density at radius 3 is 2.33 bits per heavy atom. The fourth-order valence-corrected chi connectivity index (χ4v) is 3.81. The monoisotopic (exact) mass is 406 g/mol. The van der Waals surface area contributed by atoms with E-state index in [1.807, 2.05) is 12.1 Å². The van der Waals surface area contributed by atoms with Gasteiger partial charge in [-0.25, -0.2) is 0 Å². The number of aryl methyl sites for hydroxylation is 1. The van der Waals surface area contributed by atoms with E-state index < -0.39 is 0 Å². The summed E-state index contributed by atoms with van der Waals surface area (Å²) in [7, 11) is 0. The van der Waals surface area contributed by atoms with Crippen molar-refractivity contribution in [2.75, 3.05) is 38.0 Å². The van der Waals surface area contributed by atoms with Crippen LogP contribution in [0.1, 0.15) is 34.3 Å². The topological polar surface area (TPSA) is 64.7 Å². The molecule has 30 heavy (non-hydrogen) atoms. The molecule has 0 atom stereocenters. The van der Waals surface area contributed by atoms with E-state index in [1.54, 1.807) is 12.1 Å². The number of benzene rings is 2. The Labute approximate surface area is 178 Å². The third-order valence-corrected chi connectivity index (χ3v) is 5.85. The number of carbonyl (C=O) groups is 2. The van der Waals surface area contributed by atoms with Crippen molar-refractivity contribution in [1.82, 2.24) is 15.1 Å². The van der Waals surface area contributed by atoms with E-state index >= 15 is 0 Å². The number of piperazine rings is 1. The van der Waals surface area contributed by atoms with Crippen molar-refractivity contribution in [1.29, 1.82) is 0 Å². The van der Waals surface area contributed by atoms with Crippen LogP contribution in [0.25, 0.3) is 0 Å². The highest BCUT2D eigenvalue weighted by Gasteiger charge is 2.25. The zero-order valence-corrected chi connectivity index (χ0v) is 17.6. The molecule has 1 heterocycles. The van der Waals surface area contributed by atoms with Crippen molar-refractivity contribution in [3.63, 3.8) is 0 Å². The minimum atomic E-state index is -0.113. The fourth-order valence-electron chi connectivity index (χ4n) is 3.81. The number of hydrogen-bond donors (Lipinski definition) is 2. The average Bonchev–Trinajstić information content (AvgIpc) is 3.55. The maximum Gasteiger partial charge on any atom is 0.253 e. The molecule has 2 fully saturated rings. The molecule has 1 aliphatic heterocycles. The highest BCUT2D eigenvalue weighted by molar-refractivity contribution is 6.04. The van der Waals surface area contributed by atoms with Crippen LogP contribution in [-0.2, 0) is 11.3 Å². The molecule has 1 saturated carbocycles. The lowest BCUT2D eigenvalue weighted by Gasteiger charge is -2.34. The number of nitrogens with one attached hydrogen (secondary N) is 2. The van der Waals surface area contributed by atoms with Crippen molar-refractivity contribution in [3.8, 4) is 0 Å². The molecule has 4 rings (SSSR count). The second-order valence-corrected chi connectivity index (χ2v) is 8.32. The van der Waals surface area contributed by atoms with Crippen LogP contribution in [0, 0.1) is 6.92 Å². The van der Waals surface area contributed by atoms with Crippen molar-refractivity contribution in [3.05, 3.63) is 65.2 Å². The SMILES string of the molecule is Cc1ccccc1CN1CCN(CC(=O)Nc2ccccc2C(=O)NC2CC2)CC1. The molecule has 0 bridgehead atoms. The van der Waals surface area contributed by atoms with E-state index in [-0.39, 0.29) is 17.9 Å². The van der Waals surface area contributed by atoms with E-state index in [4.69, 9.17) is 0 Å². The number of amides is 2. The lowest BCUT2D eigenvalue weighted by molar-refractivity contribution is -0.117. The summed E-state index contributed by atoms with van der Waals surface area (Å²) in [4.78, 5) is 29.6. The van der Waals surface area contributed by atoms with Gasteiger partial charge in [0.05, 0.1) is 17.8 Å². The first kappa shape index (κ1) is 20.6. The Kier molecular flexibility index (Phi) is 6.45. The molecule has 2 aromatic rings. The Hall–Kier alpha value is -2.70. The summed E-state index contributed by atoms with van der Waals surface area (Å²) in [6.07, 6.45) is 2.08. The number of nitrogens with zero attached hydrogens (tertiary/aromatic N) is 2. The van der Waals surface area contributed by atoms with Gasteiger partial charge in [-0.3, -0.25) is 19.4 Å². The van der Waals surface area contributed by atoms with Crippen LogP contribution in [0.2, 0.25) is 0 Å². The van der Waals surface area contributed by atoms with Gasteiger partial charge in [0.15, 0.2) is 0 Å². The van der Waals surface area contributed by atoms with Gasteiger partial charge in [-0.05, 0) is 43.0 Å². The van der Waals surface area contributed by atoms with Gasteiger partial charge in [0.2, 0.25) is 5.91 Å². The zero-order chi connectivity index (χ0) is 20.9. The van der Waals surface area contributed by atoms with Gasteiger partial charge >= 0.3 is 0 Å². The summed E-state index contributed by atoms with van der Waals surface area (Å²) in [5.41, 5.74) is 3.80. The summed E-state index contributed by atoms with van der Waals surface area (Å²) in [6, 6.07) is 16.0. The van der Waals surface area contributed by atoms with Crippen molar-refractivity contribution in [2.24, 2.45) is 0 Å². The molecule has 1 aliphatic carbocycles. The van der Waals surface area contributed by atoms with Gasteiger partial charge in [0.1, 0.15) is 0 Å². The summed E-state index contributed by atoms with van der Waals surface area (Å²) >= 11 is 0. The van der Waals surface area contributed by atoms with Crippen molar-refractivity contribution >= 4 is 17.5 Å². The molecule has 2 N–H and O–H groups in total. The summed E-state index contributed by atoms with van der Waals surface area (Å²) in [5, 5.41) is 5.92. The van der Waals surface area contributed by atoms with Crippen LogP contribution in [0.15, 0.2) is 48.5 Å². The van der Waals surface area contributed by atoms with E-state index in [9.17, 15) is 9.59 Å². The number of rotatable bonds is 7. The third kappa shape index (κ3) is 5.46. The second-order valence-electron chi connectivity index (χ2n) is 8.32. The van der Waals surface area contributed by atoms with E-state index in [0.29, 0.717) is 17.8 Å². The maximum atomic E-state index is 12.6. The predicted molar refractivity (Wildman–Crippen MR) is 118 cm³/mol. The predicted octanol–water partition coefficient (Wildman–Crippen LogP) is 2.64. The quantitative estimate of drug-likeness (QED) is 0.742. The first-order valence-electron chi connectivity index (χ1n) is 10.8. The number of para-hydroxylation sites is 1. The van der Waals surface area contributed by atoms with Crippen LogP contribution in [0.4, 0.5) is 5.69 Å². The van der Waals surface area contributed by atoms with Gasteiger partial charge in [0.25, 0.3) is 5.91 Å². The first-order chi connectivity index (χ1) is 14.6. The Balaban J connectivity index is 1.26. The van der Waals surface area contributed by atoms with E-state index in [2.05, 4.69) is 51.6 Å². The molecule has 2 aliphatic rings. The van der Waals surface area contributed by atoms with E-state index in [1.165, 1.54) is 11.1 Å². The molecule has 0 spiro atoms. The molecule has 1 saturated heterocycles. The third-order valence-electron chi connectivity index (χ3n) is 5.85. The maximum absolute atomic E-state index is 12.6. The van der Waals surface area contributed by atoms with Gasteiger partial charge in [0, 0.05) is 38.8 Å². The Morgan fingerprint density at radius 1 is 0.933 bits per heavy atom. The fraction of sp³-hybridized carbons (Fsp3) is 0.417. The Morgan fingerprint density at radius 2 is 1.60 bits per heavy atom. The normalized spacial score (nSPS) is 17.5. The zero-order valence-electron chi connectivity index (χ0n) is 17.6. The second kappa shape index (κ2) is 9.41. The number of carbonyl (C=O) groups excluding carboxylic acids is 2. The number of anilines is 1. The van der Waals surface area contributed by atoms with Gasteiger partial charge in [-0.15, -0.1) is 0 Å². The molecular formula is C24H30N4O2. The molecule has 6 heteroatoms. The van der Waals surface area contributed by atoms with Crippen molar-refractivity contribution in [2.45, 2.75) is 32.4 Å². The van der Waals surface area contributed by atoms with Crippen molar-refractivity contribution < 1.29 is 9.59 Å². The summed E-state index contributed by atoms with van der Waals surface area (Å²) in [6.45, 7) is 7.07. The molecular weight excluding hydrogens is 376 g/mol. The minimum absolute atomic E-state index is 0.0750. The van der Waals surface area contributed by atoms with Crippen LogP contribution in [0.5, 0.6) is 0 Å². The lowest BCUT2D eigenvalue weighted by atomic mass is 10.1. The highest BCUT2D eigenvalue weighted by atomic mass is 16.2. The van der Waals surface area contributed by atoms with Gasteiger partial charge < -0.3 is 10.6 Å². The summed E-state index contributed by atoms with van der Waals surface area (Å²) < 4.78 is 0. The standard InChI is InChI=1S/C24H30N4O2/c1-18-6-2-3-7-19(18)16-27-12-14-28(15-13-27)17-23(29)26-22-9-5-4-8-21(22)24(30)25-20-10-11-20/h2-9,20H,10-17H2,1H3,(H,25,30)(H,26,29). The lowest BCUT2D eigenvalue weighted by Crippen LogP contribution is -2.48. The molecule has 0 aromatic heterocycles. The van der Waals surface area contributed by atoms with Gasteiger partial charge in [-0.2, -0.15) is 0 Å². The average molecular weight is 407 g/mol. The molecule has 158 valence electrons. The van der Waals surface area contributed by atoms with Gasteiger partial charge in [-0.1, -0.05) is 36.4 Å². The van der Waals surface area contributed by atoms with Crippen LogP contribution in [0.3, 0.4) is 0 Å². The molecule has 2 amide bonds. The highest BCUT2D eigenvalue weighted by Crippen LogP contribution is 2.21. The summed E-state index contributed by atoms with van der Waals surface area (Å²) in [5.74, 6) is -0.188. The van der Waals surface area contributed by atoms with E-state index in [0.717, 1.165) is 45.6 Å². The van der Waals surface area contributed by atoms with Crippen LogP contribution >= 0.6 is 0 Å². The minimum Gasteiger partial charge on any atom is -0.349 e. The molecule has 2 aromatic carbocycles. The first-order valence-corrected chi connectivity index (χ1v) is 10.8. The molecule has 6 nitrogen and oxygen atoms in total. The smallest absolute Gasteiger partial charge is 0.253 e.